The third-order valence-corrected chi connectivity index (χ3v) is 4.55. The summed E-state index contributed by atoms with van der Waals surface area (Å²) in [4.78, 5) is 26.5. The Morgan fingerprint density at radius 3 is 2.84 bits per heavy atom. The lowest BCUT2D eigenvalue weighted by Gasteiger charge is -2.32. The number of thioether (sulfide) groups is 1. The zero-order valence-corrected chi connectivity index (χ0v) is 12.0. The normalized spacial score (nSPS) is 18.1. The van der Waals surface area contributed by atoms with Crippen molar-refractivity contribution in [3.05, 3.63) is 36.4 Å². The quantitative estimate of drug-likeness (QED) is 0.625. The number of ketones is 1. The van der Waals surface area contributed by atoms with E-state index in [1.165, 1.54) is 0 Å². The molecule has 0 aromatic heterocycles. The summed E-state index contributed by atoms with van der Waals surface area (Å²) >= 11 is 1.55. The number of rotatable bonds is 4. The van der Waals surface area contributed by atoms with Gasteiger partial charge in [0.2, 0.25) is 5.91 Å². The molecule has 0 aliphatic carbocycles. The van der Waals surface area contributed by atoms with E-state index in [0.717, 1.165) is 17.0 Å². The van der Waals surface area contributed by atoms with E-state index in [1.54, 1.807) is 35.7 Å². The van der Waals surface area contributed by atoms with Crippen LogP contribution < -0.4 is 4.90 Å². The Balaban J connectivity index is 2.48. The molecule has 2 rings (SSSR count). The number of nitrogens with zero attached hydrogens (tertiary/aromatic N) is 1. The van der Waals surface area contributed by atoms with Crippen molar-refractivity contribution in [2.75, 3.05) is 11.4 Å². The van der Waals surface area contributed by atoms with E-state index in [9.17, 15) is 9.59 Å². The topological polar surface area (TPSA) is 37.4 Å². The van der Waals surface area contributed by atoms with E-state index >= 15 is 0 Å². The van der Waals surface area contributed by atoms with E-state index in [1.807, 2.05) is 19.1 Å². The number of hydrogen-bond acceptors (Lipinski definition) is 3. The summed E-state index contributed by atoms with van der Waals surface area (Å²) in [7, 11) is 0. The minimum absolute atomic E-state index is 0.0450. The summed E-state index contributed by atoms with van der Waals surface area (Å²) in [6.07, 6.45) is 2.50. The van der Waals surface area contributed by atoms with Crippen LogP contribution in [0.1, 0.15) is 30.6 Å². The number of carbonyl (C=O) groups excluding carboxylic acids is 2. The van der Waals surface area contributed by atoms with Gasteiger partial charge < -0.3 is 4.90 Å². The first-order chi connectivity index (χ1) is 9.08. The molecule has 1 aliphatic rings. The Morgan fingerprint density at radius 2 is 2.26 bits per heavy atom. The molecule has 0 spiro atoms. The summed E-state index contributed by atoms with van der Waals surface area (Å²) in [6.45, 7) is 7.76. The van der Waals surface area contributed by atoms with Crippen LogP contribution >= 0.6 is 11.8 Å². The van der Waals surface area contributed by atoms with Gasteiger partial charge in [-0.1, -0.05) is 13.0 Å². The maximum Gasteiger partial charge on any atom is 0.240 e. The number of amides is 1. The van der Waals surface area contributed by atoms with Gasteiger partial charge in [-0.05, 0) is 31.5 Å². The molecular weight excluding hydrogens is 258 g/mol. The first-order valence-electron chi connectivity index (χ1n) is 6.32. The van der Waals surface area contributed by atoms with Crippen LogP contribution in [0.5, 0.6) is 0 Å². The Labute approximate surface area is 117 Å². The van der Waals surface area contributed by atoms with Crippen LogP contribution in [0, 0.1) is 0 Å². The molecule has 19 heavy (non-hydrogen) atoms. The molecular formula is C15H17NO2S. The van der Waals surface area contributed by atoms with Gasteiger partial charge in [0.15, 0.2) is 5.78 Å². The summed E-state index contributed by atoms with van der Waals surface area (Å²) < 4.78 is 0. The van der Waals surface area contributed by atoms with Gasteiger partial charge in [-0.15, -0.1) is 18.3 Å². The summed E-state index contributed by atoms with van der Waals surface area (Å²) in [5.41, 5.74) is 1.57. The molecule has 1 amide bonds. The molecule has 4 heteroatoms. The Hall–Kier alpha value is -1.55. The monoisotopic (exact) mass is 275 g/mol. The van der Waals surface area contributed by atoms with Crippen LogP contribution in [0.2, 0.25) is 0 Å². The molecule has 0 saturated heterocycles. The highest BCUT2D eigenvalue weighted by molar-refractivity contribution is 8.01. The first kappa shape index (κ1) is 13.9. The Bertz CT molecular complexity index is 539. The molecule has 0 N–H and O–H groups in total. The highest BCUT2D eigenvalue weighted by Crippen LogP contribution is 2.40. The fraction of sp³-hybridized carbons (Fsp3) is 0.333. The van der Waals surface area contributed by atoms with Gasteiger partial charge in [-0.3, -0.25) is 9.59 Å². The van der Waals surface area contributed by atoms with Gasteiger partial charge >= 0.3 is 0 Å². The van der Waals surface area contributed by atoms with Crippen LogP contribution in [-0.2, 0) is 4.79 Å². The number of anilines is 1. The van der Waals surface area contributed by atoms with Crippen LogP contribution in [0.15, 0.2) is 35.7 Å². The van der Waals surface area contributed by atoms with Gasteiger partial charge in [0, 0.05) is 17.0 Å². The molecule has 0 fully saturated rings. The van der Waals surface area contributed by atoms with Crippen LogP contribution in [0.3, 0.4) is 0 Å². The number of fused-ring (bicyclic) bond motifs is 1. The second-order valence-electron chi connectivity index (χ2n) is 4.49. The maximum absolute atomic E-state index is 12.3. The van der Waals surface area contributed by atoms with E-state index in [4.69, 9.17) is 0 Å². The fourth-order valence-electron chi connectivity index (χ4n) is 2.12. The fourth-order valence-corrected chi connectivity index (χ4v) is 3.32. The van der Waals surface area contributed by atoms with Crippen molar-refractivity contribution >= 4 is 29.1 Å². The third-order valence-electron chi connectivity index (χ3n) is 3.15. The molecule has 1 atom stereocenters. The number of hydrogen-bond donors (Lipinski definition) is 0. The molecule has 3 nitrogen and oxygen atoms in total. The number of Topliss-reactive ketones (excluding diaryl/α,β-unsaturated/α-hetero) is 1. The molecule has 100 valence electrons. The van der Waals surface area contributed by atoms with Crippen molar-refractivity contribution in [1.29, 1.82) is 0 Å². The standard InChI is InChI=1S/C15H17NO2S/c1-4-8-16-12-7-6-11(10(3)17)9-14(12)19-13(5-2)15(16)18/h4,6-7,9,13H,1,5,8H2,2-3H3. The van der Waals surface area contributed by atoms with Crippen molar-refractivity contribution < 1.29 is 9.59 Å². The van der Waals surface area contributed by atoms with E-state index in [-0.39, 0.29) is 16.9 Å². The minimum Gasteiger partial charge on any atom is -0.307 e. The molecule has 1 unspecified atom stereocenters. The molecule has 1 aliphatic heterocycles. The van der Waals surface area contributed by atoms with E-state index in [2.05, 4.69) is 6.58 Å². The highest BCUT2D eigenvalue weighted by Gasteiger charge is 2.31. The van der Waals surface area contributed by atoms with Crippen molar-refractivity contribution in [3.8, 4) is 0 Å². The lowest BCUT2D eigenvalue weighted by molar-refractivity contribution is -0.118. The predicted octanol–water partition coefficient (Wildman–Crippen LogP) is 3.29. The zero-order valence-electron chi connectivity index (χ0n) is 11.2. The van der Waals surface area contributed by atoms with Crippen LogP contribution in [0.4, 0.5) is 5.69 Å². The molecule has 0 bridgehead atoms. The van der Waals surface area contributed by atoms with Gasteiger partial charge in [0.25, 0.3) is 0 Å². The Kier molecular flexibility index (Phi) is 4.10. The van der Waals surface area contributed by atoms with Crippen LogP contribution in [-0.4, -0.2) is 23.5 Å². The predicted molar refractivity (Wildman–Crippen MR) is 78.9 cm³/mol. The lowest BCUT2D eigenvalue weighted by Crippen LogP contribution is -2.40. The average molecular weight is 275 g/mol. The average Bonchev–Trinajstić information content (AvgIpc) is 2.41. The van der Waals surface area contributed by atoms with Crippen molar-refractivity contribution in [1.82, 2.24) is 0 Å². The molecule has 0 radical (unpaired) electrons. The van der Waals surface area contributed by atoms with Crippen molar-refractivity contribution in [2.24, 2.45) is 0 Å². The second-order valence-corrected chi connectivity index (χ2v) is 5.74. The number of carbonyl (C=O) groups is 2. The molecule has 0 saturated carbocycles. The maximum atomic E-state index is 12.3. The summed E-state index contributed by atoms with van der Waals surface area (Å²) in [5.74, 6) is 0.166. The van der Waals surface area contributed by atoms with Gasteiger partial charge in [0.1, 0.15) is 0 Å². The third kappa shape index (κ3) is 2.59. The summed E-state index contributed by atoms with van der Waals surface area (Å²) in [6, 6.07) is 5.51. The number of benzene rings is 1. The smallest absolute Gasteiger partial charge is 0.240 e. The zero-order chi connectivity index (χ0) is 14.0. The minimum atomic E-state index is -0.0744. The van der Waals surface area contributed by atoms with Gasteiger partial charge in [0.05, 0.1) is 10.9 Å². The first-order valence-corrected chi connectivity index (χ1v) is 7.20. The molecule has 1 aromatic rings. The van der Waals surface area contributed by atoms with Crippen molar-refractivity contribution in [3.63, 3.8) is 0 Å². The summed E-state index contributed by atoms with van der Waals surface area (Å²) in [5, 5.41) is -0.0744. The van der Waals surface area contributed by atoms with Crippen molar-refractivity contribution in [2.45, 2.75) is 30.4 Å². The van der Waals surface area contributed by atoms with E-state index in [0.29, 0.717) is 12.1 Å². The largest absolute Gasteiger partial charge is 0.307 e. The molecule has 1 aromatic carbocycles. The second kappa shape index (κ2) is 5.61. The van der Waals surface area contributed by atoms with Crippen LogP contribution in [0.25, 0.3) is 0 Å². The van der Waals surface area contributed by atoms with E-state index < -0.39 is 0 Å². The molecule has 1 heterocycles. The SMILES string of the molecule is C=CCN1C(=O)C(CC)Sc2cc(C(C)=O)ccc21. The van der Waals surface area contributed by atoms with Gasteiger partial charge in [-0.25, -0.2) is 0 Å². The van der Waals surface area contributed by atoms with Gasteiger partial charge in [-0.2, -0.15) is 0 Å². The highest BCUT2D eigenvalue weighted by atomic mass is 32.2. The Morgan fingerprint density at radius 1 is 1.53 bits per heavy atom. The lowest BCUT2D eigenvalue weighted by atomic mass is 10.1.